The topological polar surface area (TPSA) is 108 Å². The number of rotatable bonds is 27. The molecule has 0 saturated heterocycles. The molecule has 232 valence electrons. The van der Waals surface area contributed by atoms with Crippen LogP contribution < -0.4 is 10.5 Å². The fraction of sp³-hybridized carbons (Fsp3) is 0.781. The SMILES string of the molecule is CCCCCCCCCCCCCOc1cccc(CC(COP(=O)(O)OC(C)CCCN)CC(=O)CCC)c1. The van der Waals surface area contributed by atoms with Crippen LogP contribution in [0.15, 0.2) is 24.3 Å². The van der Waals surface area contributed by atoms with E-state index in [0.29, 0.717) is 45.3 Å². The van der Waals surface area contributed by atoms with Crippen molar-refractivity contribution in [1.82, 2.24) is 0 Å². The van der Waals surface area contributed by atoms with Gasteiger partial charge in [0.25, 0.3) is 0 Å². The minimum absolute atomic E-state index is 0.0311. The Balaban J connectivity index is 2.48. The Morgan fingerprint density at radius 2 is 1.60 bits per heavy atom. The number of phosphoric ester groups is 1. The van der Waals surface area contributed by atoms with Crippen molar-refractivity contribution < 1.29 is 28.0 Å². The molecular weight excluding hydrogens is 525 g/mol. The van der Waals surface area contributed by atoms with Crippen LogP contribution in [0.3, 0.4) is 0 Å². The van der Waals surface area contributed by atoms with Gasteiger partial charge in [-0.3, -0.25) is 13.8 Å². The highest BCUT2D eigenvalue weighted by Gasteiger charge is 2.27. The molecule has 0 aliphatic rings. The maximum atomic E-state index is 12.5. The average Bonchev–Trinajstić information content (AvgIpc) is 2.91. The fourth-order valence-corrected chi connectivity index (χ4v) is 5.88. The molecule has 0 heterocycles. The summed E-state index contributed by atoms with van der Waals surface area (Å²) in [4.78, 5) is 22.6. The number of hydrogen-bond acceptors (Lipinski definition) is 6. The molecule has 0 spiro atoms. The molecule has 0 aliphatic heterocycles. The molecule has 3 unspecified atom stereocenters. The quantitative estimate of drug-likeness (QED) is 0.0789. The van der Waals surface area contributed by atoms with Crippen molar-refractivity contribution in [3.63, 3.8) is 0 Å². The van der Waals surface area contributed by atoms with Gasteiger partial charge in [-0.15, -0.1) is 0 Å². The summed E-state index contributed by atoms with van der Waals surface area (Å²) in [6.07, 6.45) is 17.3. The highest BCUT2D eigenvalue weighted by molar-refractivity contribution is 7.47. The molecule has 8 heteroatoms. The van der Waals surface area contributed by atoms with Crippen LogP contribution in [0.4, 0.5) is 0 Å². The van der Waals surface area contributed by atoms with Crippen molar-refractivity contribution in [2.75, 3.05) is 19.8 Å². The number of hydrogen-bond donors (Lipinski definition) is 2. The smallest absolute Gasteiger partial charge is 0.472 e. The second kappa shape index (κ2) is 23.3. The van der Waals surface area contributed by atoms with Gasteiger partial charge in [-0.05, 0) is 69.2 Å². The first-order chi connectivity index (χ1) is 19.3. The molecule has 1 aromatic rings. The molecule has 3 N–H and O–H groups in total. The molecule has 1 rings (SSSR count). The number of carbonyl (C=O) groups is 1. The van der Waals surface area contributed by atoms with E-state index in [4.69, 9.17) is 19.5 Å². The minimum Gasteiger partial charge on any atom is -0.494 e. The number of benzene rings is 1. The number of ketones is 1. The lowest BCUT2D eigenvalue weighted by Gasteiger charge is -2.21. The number of nitrogens with two attached hydrogens (primary N) is 1. The molecule has 7 nitrogen and oxygen atoms in total. The van der Waals surface area contributed by atoms with Crippen LogP contribution in [0, 0.1) is 5.92 Å². The van der Waals surface area contributed by atoms with Crippen molar-refractivity contribution in [2.24, 2.45) is 11.7 Å². The van der Waals surface area contributed by atoms with Crippen molar-refractivity contribution in [1.29, 1.82) is 0 Å². The lowest BCUT2D eigenvalue weighted by molar-refractivity contribution is -0.120. The highest BCUT2D eigenvalue weighted by atomic mass is 31.2. The molecule has 3 atom stereocenters. The second-order valence-corrected chi connectivity index (χ2v) is 12.6. The van der Waals surface area contributed by atoms with Crippen molar-refractivity contribution in [3.8, 4) is 5.75 Å². The summed E-state index contributed by atoms with van der Waals surface area (Å²) < 4.78 is 29.1. The Bertz CT molecular complexity index is 820. The standard InChI is InChI=1S/C32H58NO6P/c1-4-6-7-8-9-10-11-12-13-14-15-23-37-32-21-16-20-29(26-32)24-30(25-31(34)18-5-2)27-38-40(35,36)39-28(3)19-17-22-33/h16,20-21,26,28,30H,4-15,17-19,22-25,27,33H2,1-3H3,(H,35,36). The summed E-state index contributed by atoms with van der Waals surface area (Å²) in [6, 6.07) is 7.90. The first-order valence-corrected chi connectivity index (χ1v) is 17.4. The van der Waals surface area contributed by atoms with Crippen LogP contribution in [0.1, 0.15) is 129 Å². The summed E-state index contributed by atoms with van der Waals surface area (Å²) in [5.74, 6) is 0.711. The third kappa shape index (κ3) is 19.8. The number of ether oxygens (including phenoxy) is 1. The van der Waals surface area contributed by atoms with E-state index in [1.54, 1.807) is 6.92 Å². The second-order valence-electron chi connectivity index (χ2n) is 11.2. The Morgan fingerprint density at radius 3 is 2.23 bits per heavy atom. The molecule has 0 aromatic heterocycles. The van der Waals surface area contributed by atoms with Crippen LogP contribution in [-0.2, 0) is 24.8 Å². The predicted molar refractivity (Wildman–Crippen MR) is 165 cm³/mol. The van der Waals surface area contributed by atoms with Crippen LogP contribution in [0.2, 0.25) is 0 Å². The molecule has 0 aliphatic carbocycles. The van der Waals surface area contributed by atoms with E-state index >= 15 is 0 Å². The van der Waals surface area contributed by atoms with Gasteiger partial charge in [-0.1, -0.05) is 90.2 Å². The third-order valence-electron chi connectivity index (χ3n) is 7.09. The van der Waals surface area contributed by atoms with E-state index in [-0.39, 0.29) is 18.3 Å². The van der Waals surface area contributed by atoms with Crippen molar-refractivity contribution in [2.45, 2.75) is 136 Å². The van der Waals surface area contributed by atoms with Gasteiger partial charge in [-0.2, -0.15) is 0 Å². The molecule has 40 heavy (non-hydrogen) atoms. The normalized spacial score (nSPS) is 14.5. The first-order valence-electron chi connectivity index (χ1n) is 15.9. The summed E-state index contributed by atoms with van der Waals surface area (Å²) in [7, 11) is -4.23. The van der Waals surface area contributed by atoms with Crippen LogP contribution in [0.25, 0.3) is 0 Å². The van der Waals surface area contributed by atoms with Gasteiger partial charge in [0.05, 0.1) is 19.3 Å². The van der Waals surface area contributed by atoms with E-state index in [9.17, 15) is 14.3 Å². The molecule has 0 saturated carbocycles. The van der Waals surface area contributed by atoms with Gasteiger partial charge in [0.2, 0.25) is 0 Å². The third-order valence-corrected chi connectivity index (χ3v) is 8.19. The van der Waals surface area contributed by atoms with Crippen LogP contribution in [0.5, 0.6) is 5.75 Å². The lowest BCUT2D eigenvalue weighted by atomic mass is 9.94. The van der Waals surface area contributed by atoms with Gasteiger partial charge < -0.3 is 15.4 Å². The van der Waals surface area contributed by atoms with E-state index in [1.807, 2.05) is 31.2 Å². The highest BCUT2D eigenvalue weighted by Crippen LogP contribution is 2.45. The maximum absolute atomic E-state index is 12.5. The Hall–Kier alpha value is -1.24. The zero-order chi connectivity index (χ0) is 29.5. The van der Waals surface area contributed by atoms with Crippen molar-refractivity contribution in [3.05, 3.63) is 29.8 Å². The van der Waals surface area contributed by atoms with E-state index in [0.717, 1.165) is 24.2 Å². The summed E-state index contributed by atoms with van der Waals surface area (Å²) in [5, 5.41) is 0. The molecule has 1 aromatic carbocycles. The van der Waals surface area contributed by atoms with Crippen LogP contribution in [-0.4, -0.2) is 36.5 Å². The lowest BCUT2D eigenvalue weighted by Crippen LogP contribution is -2.18. The van der Waals surface area contributed by atoms with E-state index in [2.05, 4.69) is 6.92 Å². The molecule has 0 bridgehead atoms. The predicted octanol–water partition coefficient (Wildman–Crippen LogP) is 8.56. The van der Waals surface area contributed by atoms with Gasteiger partial charge in [0, 0.05) is 12.8 Å². The molecular formula is C32H58NO6P. The van der Waals surface area contributed by atoms with Gasteiger partial charge in [-0.25, -0.2) is 4.57 Å². The van der Waals surface area contributed by atoms with Crippen molar-refractivity contribution >= 4 is 13.6 Å². The zero-order valence-corrected chi connectivity index (χ0v) is 26.5. The Morgan fingerprint density at radius 1 is 0.950 bits per heavy atom. The monoisotopic (exact) mass is 583 g/mol. The first kappa shape index (κ1) is 36.8. The van der Waals surface area contributed by atoms with Gasteiger partial charge >= 0.3 is 7.82 Å². The number of phosphoric acid groups is 1. The average molecular weight is 584 g/mol. The minimum atomic E-state index is -4.23. The molecule has 0 fully saturated rings. The zero-order valence-electron chi connectivity index (χ0n) is 25.6. The van der Waals surface area contributed by atoms with Gasteiger partial charge in [0.1, 0.15) is 11.5 Å². The largest absolute Gasteiger partial charge is 0.494 e. The molecule has 0 radical (unpaired) electrons. The maximum Gasteiger partial charge on any atom is 0.472 e. The van der Waals surface area contributed by atoms with E-state index < -0.39 is 13.9 Å². The fourth-order valence-electron chi connectivity index (χ4n) is 4.86. The summed E-state index contributed by atoms with van der Waals surface area (Å²) in [6.45, 7) is 7.11. The van der Waals surface area contributed by atoms with Gasteiger partial charge in [0.15, 0.2) is 0 Å². The summed E-state index contributed by atoms with van der Waals surface area (Å²) in [5.41, 5.74) is 6.52. The Labute approximate surface area is 244 Å². The number of Topliss-reactive ketones (excluding diaryl/α,β-unsaturated/α-hetero) is 1. The summed E-state index contributed by atoms with van der Waals surface area (Å²) >= 11 is 0. The van der Waals surface area contributed by atoms with Crippen LogP contribution >= 0.6 is 7.82 Å². The molecule has 0 amide bonds. The number of carbonyl (C=O) groups excluding carboxylic acids is 1. The number of unbranched alkanes of at least 4 members (excludes halogenated alkanes) is 10. The van der Waals surface area contributed by atoms with E-state index in [1.165, 1.54) is 64.2 Å². The Kier molecular flexibility index (Phi) is 21.5.